The van der Waals surface area contributed by atoms with E-state index in [0.29, 0.717) is 54.7 Å². The van der Waals surface area contributed by atoms with Crippen molar-refractivity contribution in [3.8, 4) is 17.0 Å². The number of carbonyl (C=O) groups excluding carboxylic acids is 12. The Labute approximate surface area is 826 Å². The van der Waals surface area contributed by atoms with Crippen molar-refractivity contribution in [1.82, 2.24) is 58.5 Å². The van der Waals surface area contributed by atoms with Crippen LogP contribution in [0.5, 0.6) is 5.75 Å². The number of hydrogen-bond donors (Lipinski definition) is 9. The third kappa shape index (κ3) is 42.5. The van der Waals surface area contributed by atoms with Crippen molar-refractivity contribution < 1.29 is 77.9 Å². The molecule has 0 spiro atoms. The number of H-pyrrole nitrogens is 2. The van der Waals surface area contributed by atoms with Gasteiger partial charge in [-0.2, -0.15) is 0 Å². The molecule has 4 fully saturated rings. The molecule has 5 atom stereocenters. The summed E-state index contributed by atoms with van der Waals surface area (Å²) < 4.78 is 14.9. The van der Waals surface area contributed by atoms with E-state index >= 15 is 0 Å². The Morgan fingerprint density at radius 3 is 1.36 bits per heavy atom. The van der Waals surface area contributed by atoms with Crippen LogP contribution in [0.4, 0.5) is 5.69 Å². The number of Topliss-reactive ketones (excluding diaryl/α,β-unsaturated/α-hetero) is 4. The number of hydrogen-bond acceptors (Lipinski definition) is 23. The molecule has 12 rings (SSSR count). The molecule has 29 nitrogen and oxygen atoms in total. The lowest BCUT2D eigenvalue weighted by Gasteiger charge is -2.35. The molecule has 0 unspecified atom stereocenters. The molecule has 8 aromatic rings. The molecule has 0 aliphatic carbocycles. The zero-order valence-electron chi connectivity index (χ0n) is 80.3. The molecule has 137 heavy (non-hydrogen) atoms. The number of pyridine rings is 1. The average molecular weight is 1970 g/mol. The number of aromatic nitrogens is 4. The van der Waals surface area contributed by atoms with E-state index in [1.54, 1.807) is 111 Å². The highest BCUT2D eigenvalue weighted by molar-refractivity contribution is 7.97. The number of rotatable bonds is 40. The quantitative estimate of drug-likeness (QED) is 0.00252. The molecule has 4 saturated heterocycles. The van der Waals surface area contributed by atoms with Gasteiger partial charge in [0.25, 0.3) is 23.6 Å². The van der Waals surface area contributed by atoms with Crippen LogP contribution in [0.25, 0.3) is 27.7 Å². The molecule has 4 aliphatic heterocycles. The second-order valence-corrected chi connectivity index (χ2v) is 35.9. The molecular formula is C103H131N13O16S5. The third-order valence-corrected chi connectivity index (χ3v) is 24.8. The Morgan fingerprint density at radius 1 is 0.533 bits per heavy atom. The van der Waals surface area contributed by atoms with Crippen molar-refractivity contribution in [2.45, 2.75) is 132 Å². The van der Waals surface area contributed by atoms with Gasteiger partial charge in [0.2, 0.25) is 23.6 Å². The number of fused-ring (bicyclic) bond motifs is 1. The van der Waals surface area contributed by atoms with Crippen molar-refractivity contribution in [2.75, 3.05) is 83.9 Å². The van der Waals surface area contributed by atoms with Gasteiger partial charge in [0, 0.05) is 168 Å². The summed E-state index contributed by atoms with van der Waals surface area (Å²) in [6, 6.07) is 43.3. The van der Waals surface area contributed by atoms with Crippen LogP contribution in [0.1, 0.15) is 166 Å². The fourth-order valence-electron chi connectivity index (χ4n) is 13.3. The van der Waals surface area contributed by atoms with Gasteiger partial charge >= 0.3 is 0 Å². The van der Waals surface area contributed by atoms with Gasteiger partial charge in [-0.25, -0.2) is 16.4 Å². The standard InChI is InChI=1S/C18H24N2O2.C17H16N2O3.C16H16N2O3.4C11H17NO2S.C8H7N3S/c1-13(6-11-18(21)19-22)12-14(2)15(3)16-7-9-17(10-8-16)20(4)5;1-22-15-6-2-12(3-7-15)11-19-9-8-13-4-5-14(10-16(13)19)17(20)18-21;19-15(17-10-9-12-5-2-1-3-6-12)13-7-4-8-14(11-13)16(20)18-21;4*1-9(13)6-4-3-5-7-10-8-12(15-2)11(10)14;12-8-10-5-7(11-8)6-1-3-9-4-2-6/h6-12,14,22H,3H2,1-2,4-5H3,(H,19,21);2-10,21H,11H2,1H3,(H,18,20);1-8,11,21H,9-10H2,(H,17,19)(H,18,20);4*3,5,10H,4,6-8H2,1-2H3;1-5H,(H2,10,11,12)/b11-6+,13-12+;;;2*5-3+;2*5-3-;/t14-;;;4*10-;/m1..1010./s1. The van der Waals surface area contributed by atoms with Gasteiger partial charge in [0.1, 0.15) is 28.9 Å². The molecule has 0 radical (unpaired) electrons. The molecule has 7 heterocycles. The number of nitrogens with zero attached hydrogens (tertiary/aromatic N) is 7. The fraction of sp³-hybridized carbons (Fsp3) is 0.359. The van der Waals surface area contributed by atoms with Crippen LogP contribution in [0.3, 0.4) is 0 Å². The molecule has 4 aliphatic rings. The lowest BCUT2D eigenvalue weighted by atomic mass is 9.93. The van der Waals surface area contributed by atoms with E-state index in [1.165, 1.54) is 66.0 Å². The number of ether oxygens (including phenoxy) is 1. The molecule has 5 aromatic carbocycles. The molecule has 8 amide bonds. The summed E-state index contributed by atoms with van der Waals surface area (Å²) in [7, 11) is 5.66. The summed E-state index contributed by atoms with van der Waals surface area (Å²) in [5.41, 5.74) is 15.3. The molecule has 0 bridgehead atoms. The van der Waals surface area contributed by atoms with Gasteiger partial charge in [-0.3, -0.25) is 76.2 Å². The first-order chi connectivity index (χ1) is 65.7. The Balaban J connectivity index is 0.000000279. The Bertz CT molecular complexity index is 5260. The molecule has 34 heteroatoms. The lowest BCUT2D eigenvalue weighted by molar-refractivity contribution is -0.139. The molecule has 3 aromatic heterocycles. The van der Waals surface area contributed by atoms with E-state index in [-0.39, 0.29) is 87.8 Å². The van der Waals surface area contributed by atoms with Crippen LogP contribution < -0.4 is 31.4 Å². The van der Waals surface area contributed by atoms with E-state index < -0.39 is 17.7 Å². The van der Waals surface area contributed by atoms with Crippen molar-refractivity contribution >= 4 is 153 Å². The lowest BCUT2D eigenvalue weighted by Crippen LogP contribution is -2.47. The molecule has 0 saturated carbocycles. The Morgan fingerprint density at radius 2 is 0.971 bits per heavy atom. The summed E-state index contributed by atoms with van der Waals surface area (Å²) in [5, 5.41) is 29.6. The minimum absolute atomic E-state index is 0.145. The first kappa shape index (κ1) is 115. The maximum absolute atomic E-state index is 12.0. The van der Waals surface area contributed by atoms with E-state index in [2.05, 4.69) is 67.5 Å². The second kappa shape index (κ2) is 63.9. The van der Waals surface area contributed by atoms with Crippen LogP contribution in [-0.2, 0) is 56.1 Å². The largest absolute Gasteiger partial charge is 0.497 e. The zero-order valence-corrected chi connectivity index (χ0v) is 84.4. The van der Waals surface area contributed by atoms with Crippen molar-refractivity contribution in [1.29, 1.82) is 0 Å². The number of aromatic amines is 2. The van der Waals surface area contributed by atoms with Crippen LogP contribution in [0.15, 0.2) is 243 Å². The minimum atomic E-state index is -0.645. The maximum atomic E-state index is 12.0. The van der Waals surface area contributed by atoms with E-state index in [4.69, 9.17) is 32.6 Å². The average Bonchev–Trinajstić information content (AvgIpc) is 1.78. The van der Waals surface area contributed by atoms with Gasteiger partial charge in [-0.1, -0.05) is 194 Å². The number of anilines is 1. The highest BCUT2D eigenvalue weighted by atomic mass is 32.2. The number of hydroxylamine groups is 3. The first-order valence-corrected chi connectivity index (χ1v) is 49.8. The number of allylic oxidation sites excluding steroid dienone is 12. The summed E-state index contributed by atoms with van der Waals surface area (Å²) in [4.78, 5) is 146. The van der Waals surface area contributed by atoms with Gasteiger partial charge < -0.3 is 48.7 Å². The zero-order chi connectivity index (χ0) is 101. The number of β-lactam (4-membered cyclic amide) rings is 4. The monoisotopic (exact) mass is 1970 g/mol. The van der Waals surface area contributed by atoms with E-state index in [9.17, 15) is 57.5 Å². The van der Waals surface area contributed by atoms with Crippen LogP contribution in [-0.4, -0.2) is 202 Å². The number of amides is 8. The van der Waals surface area contributed by atoms with Crippen LogP contribution in [0.2, 0.25) is 0 Å². The fourth-order valence-corrected chi connectivity index (χ4v) is 16.1. The van der Waals surface area contributed by atoms with Crippen LogP contribution in [0, 0.1) is 34.4 Å². The number of benzene rings is 5. The smallest absolute Gasteiger partial charge is 0.274 e. The highest BCUT2D eigenvalue weighted by Crippen LogP contribution is 2.32. The van der Waals surface area contributed by atoms with E-state index in [1.807, 2.05) is 192 Å². The first-order valence-electron chi connectivity index (χ1n) is 44.7. The van der Waals surface area contributed by atoms with Crippen molar-refractivity contribution in [3.05, 3.63) is 281 Å². The number of methoxy groups -OCH3 is 1. The summed E-state index contributed by atoms with van der Waals surface area (Å²) in [6.45, 7) is 19.2. The number of carbonyl (C=O) groups is 12. The van der Waals surface area contributed by atoms with Crippen LogP contribution >= 0.6 is 60.0 Å². The van der Waals surface area contributed by atoms with Gasteiger partial charge in [-0.15, -0.1) is 0 Å². The van der Waals surface area contributed by atoms with Crippen molar-refractivity contribution in [3.63, 3.8) is 0 Å². The van der Waals surface area contributed by atoms with Crippen molar-refractivity contribution in [2.24, 2.45) is 29.6 Å². The molecular weight excluding hydrogens is 1840 g/mol. The maximum Gasteiger partial charge on any atom is 0.274 e. The van der Waals surface area contributed by atoms with Gasteiger partial charge in [0.05, 0.1) is 36.5 Å². The third-order valence-electron chi connectivity index (χ3n) is 21.5. The topological polar surface area (TPSA) is 388 Å². The molecule has 734 valence electrons. The SMILES string of the molecule is C=C(c1ccc(N(C)C)cc1)[C@H](C)/C=C(C)/C=C/C(=O)NO.COc1ccc(Cn2ccc3ccc(C(=O)NO)cc32)cc1.CSN1C[C@@H](C/C=C/CCC(C)=O)C1=O.CSN1C[C@@H](C/C=C\CCC(C)=O)C1=O.CSN1C[C@H](C/C=C/CCC(C)=O)C1=O.CSN1C[C@H](C/C=C\CCC(C)=O)C1=O.O=C(NO)c1cccc(C(=O)NCCc2ccccc2)c1.S=c1[nH]cc(-c2ccncc2)[nH]1. The number of ketones is 4. The minimum Gasteiger partial charge on any atom is -0.497 e. The highest BCUT2D eigenvalue weighted by Gasteiger charge is 2.38. The number of nitrogens with one attached hydrogen (secondary N) is 6. The Kier molecular flexibility index (Phi) is 53.8. The summed E-state index contributed by atoms with van der Waals surface area (Å²) in [5.74, 6) is 1.51. The summed E-state index contributed by atoms with van der Waals surface area (Å²) in [6.07, 6.45) is 45.6. The molecule has 9 N–H and O–H groups in total. The predicted octanol–water partition coefficient (Wildman–Crippen LogP) is 18.3. The van der Waals surface area contributed by atoms with E-state index in [0.717, 1.165) is 145 Å². The normalized spacial score (nSPS) is 15.3. The predicted molar refractivity (Wildman–Crippen MR) is 552 cm³/mol. The second-order valence-electron chi connectivity index (χ2n) is 32.3. The van der Waals surface area contributed by atoms with Gasteiger partial charge in [0.15, 0.2) is 4.77 Å². The Hall–Kier alpha value is -12.3. The van der Waals surface area contributed by atoms with Gasteiger partial charge in [-0.05, 0) is 211 Å². The summed E-state index contributed by atoms with van der Waals surface area (Å²) >= 11 is 10.9. The number of imidazole rings is 1.